The van der Waals surface area contributed by atoms with Crippen LogP contribution in [0.4, 0.5) is 5.69 Å². The van der Waals surface area contributed by atoms with Crippen molar-refractivity contribution in [2.75, 3.05) is 18.0 Å². The molecule has 116 valence electrons. The maximum Gasteiger partial charge on any atom is 0.231 e. The van der Waals surface area contributed by atoms with E-state index in [4.69, 9.17) is 5.73 Å². The number of hydrogen-bond acceptors (Lipinski definition) is 2. The molecule has 0 saturated heterocycles. The third-order valence-electron chi connectivity index (χ3n) is 3.03. The van der Waals surface area contributed by atoms with Crippen molar-refractivity contribution in [1.29, 1.82) is 0 Å². The van der Waals surface area contributed by atoms with Gasteiger partial charge >= 0.3 is 0 Å². The number of carbonyl (C=O) groups excluding carboxylic acids is 1. The topological polar surface area (TPSA) is 70.7 Å². The molecular formula is C15H23IN4O. The summed E-state index contributed by atoms with van der Waals surface area (Å²) in [5, 5.41) is 3.10. The standard InChI is InChI=1S/C15H22N4O.HI/c1-15(2,3)18-14(16)17-8-9-19-12-7-5-4-6-11(12)10-13(19)20;/h4-7H,8-10H2,1-3H3,(H3,16,17,18);1H. The molecule has 0 atom stereocenters. The monoisotopic (exact) mass is 402 g/mol. The number of carbonyl (C=O) groups is 1. The molecule has 0 fully saturated rings. The van der Waals surface area contributed by atoms with E-state index in [0.29, 0.717) is 25.5 Å². The smallest absolute Gasteiger partial charge is 0.231 e. The zero-order chi connectivity index (χ0) is 14.8. The van der Waals surface area contributed by atoms with Crippen LogP contribution in [0.1, 0.15) is 26.3 Å². The zero-order valence-corrected chi connectivity index (χ0v) is 15.0. The Morgan fingerprint density at radius 1 is 1.38 bits per heavy atom. The van der Waals surface area contributed by atoms with Crippen LogP contribution in [0.3, 0.4) is 0 Å². The lowest BCUT2D eigenvalue weighted by atomic mass is 10.1. The lowest BCUT2D eigenvalue weighted by Crippen LogP contribution is -2.45. The summed E-state index contributed by atoms with van der Waals surface area (Å²) in [7, 11) is 0. The number of fused-ring (bicyclic) bond motifs is 1. The van der Waals surface area contributed by atoms with Gasteiger partial charge in [-0.05, 0) is 32.4 Å². The highest BCUT2D eigenvalue weighted by molar-refractivity contribution is 14.0. The first-order valence-corrected chi connectivity index (χ1v) is 6.83. The van der Waals surface area contributed by atoms with E-state index in [-0.39, 0.29) is 35.4 Å². The maximum absolute atomic E-state index is 12.0. The Hall–Kier alpha value is -1.31. The van der Waals surface area contributed by atoms with Gasteiger partial charge in [-0.25, -0.2) is 0 Å². The van der Waals surface area contributed by atoms with Crippen molar-refractivity contribution in [3.63, 3.8) is 0 Å². The highest BCUT2D eigenvalue weighted by Gasteiger charge is 2.25. The minimum Gasteiger partial charge on any atom is -0.370 e. The van der Waals surface area contributed by atoms with Crippen LogP contribution in [0.2, 0.25) is 0 Å². The Balaban J connectivity index is 0.00000220. The summed E-state index contributed by atoms with van der Waals surface area (Å²) in [5.74, 6) is 0.543. The first-order chi connectivity index (χ1) is 9.37. The molecule has 3 N–H and O–H groups in total. The molecule has 1 aromatic rings. The Kier molecular flexibility index (Phi) is 6.00. The molecule has 6 heteroatoms. The van der Waals surface area contributed by atoms with Gasteiger partial charge in [0.15, 0.2) is 5.96 Å². The molecule has 0 spiro atoms. The van der Waals surface area contributed by atoms with Gasteiger partial charge in [0.1, 0.15) is 0 Å². The second-order valence-electron chi connectivity index (χ2n) is 5.99. The van der Waals surface area contributed by atoms with Crippen molar-refractivity contribution in [3.8, 4) is 0 Å². The molecule has 1 aliphatic heterocycles. The van der Waals surface area contributed by atoms with Gasteiger partial charge in [0.25, 0.3) is 0 Å². The van der Waals surface area contributed by atoms with Gasteiger partial charge in [-0.15, -0.1) is 24.0 Å². The van der Waals surface area contributed by atoms with Crippen molar-refractivity contribution >= 4 is 41.5 Å². The van der Waals surface area contributed by atoms with Crippen LogP contribution >= 0.6 is 24.0 Å². The van der Waals surface area contributed by atoms with Crippen LogP contribution in [0.5, 0.6) is 0 Å². The van der Waals surface area contributed by atoms with Gasteiger partial charge in [-0.2, -0.15) is 0 Å². The van der Waals surface area contributed by atoms with Gasteiger partial charge < -0.3 is 16.0 Å². The molecule has 0 aromatic heterocycles. The molecule has 21 heavy (non-hydrogen) atoms. The number of para-hydroxylation sites is 1. The van der Waals surface area contributed by atoms with Crippen LogP contribution in [0.25, 0.3) is 0 Å². The Labute approximate surface area is 143 Å². The van der Waals surface area contributed by atoms with Gasteiger partial charge in [0.2, 0.25) is 5.91 Å². The van der Waals surface area contributed by atoms with Crippen molar-refractivity contribution in [1.82, 2.24) is 5.32 Å². The largest absolute Gasteiger partial charge is 0.370 e. The highest BCUT2D eigenvalue weighted by Crippen LogP contribution is 2.27. The van der Waals surface area contributed by atoms with E-state index in [1.54, 1.807) is 4.90 Å². The molecule has 0 saturated carbocycles. The van der Waals surface area contributed by atoms with Gasteiger partial charge in [0.05, 0.1) is 13.0 Å². The number of hydrogen-bond donors (Lipinski definition) is 2. The Morgan fingerprint density at radius 2 is 2.05 bits per heavy atom. The molecule has 2 rings (SSSR count). The summed E-state index contributed by atoms with van der Waals surface area (Å²) in [6.45, 7) is 7.12. The van der Waals surface area contributed by atoms with Crippen LogP contribution < -0.4 is 16.0 Å². The second kappa shape index (κ2) is 7.11. The van der Waals surface area contributed by atoms with E-state index in [1.807, 2.05) is 45.0 Å². The van der Waals surface area contributed by atoms with E-state index >= 15 is 0 Å². The fourth-order valence-corrected chi connectivity index (χ4v) is 2.26. The van der Waals surface area contributed by atoms with Crippen molar-refractivity contribution < 1.29 is 4.79 Å². The lowest BCUT2D eigenvalue weighted by molar-refractivity contribution is -0.117. The van der Waals surface area contributed by atoms with E-state index in [9.17, 15) is 4.79 Å². The zero-order valence-electron chi connectivity index (χ0n) is 12.7. The average molecular weight is 402 g/mol. The van der Waals surface area contributed by atoms with Crippen LogP contribution in [-0.4, -0.2) is 30.5 Å². The quantitative estimate of drug-likeness (QED) is 0.461. The number of aliphatic imine (C=N–C) groups is 1. The number of nitrogens with one attached hydrogen (secondary N) is 1. The number of benzene rings is 1. The highest BCUT2D eigenvalue weighted by atomic mass is 127. The second-order valence-corrected chi connectivity index (χ2v) is 5.99. The van der Waals surface area contributed by atoms with Gasteiger partial charge in [-0.1, -0.05) is 18.2 Å². The van der Waals surface area contributed by atoms with E-state index in [2.05, 4.69) is 10.3 Å². The van der Waals surface area contributed by atoms with Gasteiger partial charge in [0, 0.05) is 17.8 Å². The normalized spacial score (nSPS) is 14.7. The molecule has 0 unspecified atom stereocenters. The fourth-order valence-electron chi connectivity index (χ4n) is 2.26. The van der Waals surface area contributed by atoms with Crippen LogP contribution in [-0.2, 0) is 11.2 Å². The number of anilines is 1. The predicted molar refractivity (Wildman–Crippen MR) is 97.3 cm³/mol. The third-order valence-corrected chi connectivity index (χ3v) is 3.03. The first-order valence-electron chi connectivity index (χ1n) is 6.83. The molecular weight excluding hydrogens is 379 g/mol. The third kappa shape index (κ3) is 4.87. The molecule has 0 aliphatic carbocycles. The van der Waals surface area contributed by atoms with Crippen LogP contribution in [0, 0.1) is 0 Å². The fraction of sp³-hybridized carbons (Fsp3) is 0.467. The molecule has 1 amide bonds. The Bertz CT molecular complexity index is 537. The molecule has 0 bridgehead atoms. The summed E-state index contributed by atoms with van der Waals surface area (Å²) >= 11 is 0. The minimum atomic E-state index is -0.107. The summed E-state index contributed by atoms with van der Waals surface area (Å²) in [6, 6.07) is 7.87. The number of halogens is 1. The lowest BCUT2D eigenvalue weighted by Gasteiger charge is -2.21. The number of amides is 1. The number of nitrogens with two attached hydrogens (primary N) is 1. The molecule has 5 nitrogen and oxygen atoms in total. The summed E-state index contributed by atoms with van der Waals surface area (Å²) in [4.78, 5) is 18.0. The molecule has 1 aliphatic rings. The average Bonchev–Trinajstić information content (AvgIpc) is 2.64. The summed E-state index contributed by atoms with van der Waals surface area (Å²) < 4.78 is 0. The summed E-state index contributed by atoms with van der Waals surface area (Å²) in [5.41, 5.74) is 7.78. The Morgan fingerprint density at radius 3 is 2.71 bits per heavy atom. The number of rotatable bonds is 3. The number of guanidine groups is 1. The first kappa shape index (κ1) is 17.7. The van der Waals surface area contributed by atoms with Crippen LogP contribution in [0.15, 0.2) is 29.3 Å². The predicted octanol–water partition coefficient (Wildman–Crippen LogP) is 1.90. The van der Waals surface area contributed by atoms with Crippen molar-refractivity contribution in [3.05, 3.63) is 29.8 Å². The van der Waals surface area contributed by atoms with Gasteiger partial charge in [-0.3, -0.25) is 9.79 Å². The van der Waals surface area contributed by atoms with E-state index in [0.717, 1.165) is 11.3 Å². The minimum absolute atomic E-state index is 0. The molecule has 1 heterocycles. The van der Waals surface area contributed by atoms with Crippen molar-refractivity contribution in [2.24, 2.45) is 10.7 Å². The van der Waals surface area contributed by atoms with E-state index in [1.165, 1.54) is 0 Å². The van der Waals surface area contributed by atoms with E-state index < -0.39 is 0 Å². The maximum atomic E-state index is 12.0. The SMILES string of the molecule is CC(C)(C)NC(N)=NCCN1C(=O)Cc2ccccc21.I. The summed E-state index contributed by atoms with van der Waals surface area (Å²) in [6.07, 6.45) is 0.482. The molecule has 1 aromatic carbocycles. The molecule has 0 radical (unpaired) electrons. The number of nitrogens with zero attached hydrogens (tertiary/aromatic N) is 2. The van der Waals surface area contributed by atoms with Crippen molar-refractivity contribution in [2.45, 2.75) is 32.7 Å².